The quantitative estimate of drug-likeness (QED) is 0.801. The number of aromatic nitrogens is 2. The first kappa shape index (κ1) is 14.6. The third-order valence-corrected chi connectivity index (χ3v) is 3.22. The first-order valence-electron chi connectivity index (χ1n) is 6.27. The van der Waals surface area contributed by atoms with Crippen LogP contribution in [0.25, 0.3) is 0 Å². The highest BCUT2D eigenvalue weighted by atomic mass is 35.5. The Morgan fingerprint density at radius 3 is 2.85 bits per heavy atom. The molecule has 0 aliphatic heterocycles. The smallest absolute Gasteiger partial charge is 0.135 e. The Labute approximate surface area is 123 Å². The standard InChI is InChI=1S/C14H17ClN4O/c1-10-11(15)4-3-5-12(10)19-14-8-13(17-9-18-14)16-6-7-20-2/h3-5,8-9H,6-7H2,1-2H3,(H2,16,17,18,19). The van der Waals surface area contributed by atoms with Gasteiger partial charge in [-0.05, 0) is 24.6 Å². The highest BCUT2D eigenvalue weighted by Gasteiger charge is 2.04. The first-order valence-corrected chi connectivity index (χ1v) is 6.65. The molecule has 2 N–H and O–H groups in total. The second-order valence-corrected chi connectivity index (χ2v) is 4.65. The van der Waals surface area contributed by atoms with E-state index in [1.54, 1.807) is 7.11 Å². The summed E-state index contributed by atoms with van der Waals surface area (Å²) < 4.78 is 4.98. The molecule has 6 heteroatoms. The number of anilines is 3. The zero-order valence-electron chi connectivity index (χ0n) is 11.5. The van der Waals surface area contributed by atoms with E-state index in [1.165, 1.54) is 6.33 Å². The minimum absolute atomic E-state index is 0.625. The number of ether oxygens (including phenoxy) is 1. The molecule has 0 saturated heterocycles. The van der Waals surface area contributed by atoms with Crippen LogP contribution in [0.2, 0.25) is 5.02 Å². The molecule has 1 aromatic heterocycles. The van der Waals surface area contributed by atoms with Crippen molar-refractivity contribution in [3.8, 4) is 0 Å². The van der Waals surface area contributed by atoms with E-state index in [1.807, 2.05) is 31.2 Å². The highest BCUT2D eigenvalue weighted by molar-refractivity contribution is 6.31. The number of halogens is 1. The normalized spacial score (nSPS) is 10.3. The van der Waals surface area contributed by atoms with E-state index in [0.29, 0.717) is 19.0 Å². The first-order chi connectivity index (χ1) is 9.70. The lowest BCUT2D eigenvalue weighted by atomic mass is 10.2. The van der Waals surface area contributed by atoms with Gasteiger partial charge in [0.25, 0.3) is 0 Å². The molecule has 0 fully saturated rings. The minimum atomic E-state index is 0.625. The summed E-state index contributed by atoms with van der Waals surface area (Å²) in [5.41, 5.74) is 1.92. The van der Waals surface area contributed by atoms with E-state index in [9.17, 15) is 0 Å². The molecule has 0 bridgehead atoms. The van der Waals surface area contributed by atoms with E-state index in [-0.39, 0.29) is 0 Å². The lowest BCUT2D eigenvalue weighted by molar-refractivity contribution is 0.210. The second-order valence-electron chi connectivity index (χ2n) is 4.25. The van der Waals surface area contributed by atoms with Crippen LogP contribution >= 0.6 is 11.6 Å². The van der Waals surface area contributed by atoms with Crippen molar-refractivity contribution >= 4 is 28.9 Å². The van der Waals surface area contributed by atoms with E-state index >= 15 is 0 Å². The fourth-order valence-electron chi connectivity index (χ4n) is 1.68. The zero-order chi connectivity index (χ0) is 14.4. The molecule has 5 nitrogen and oxygen atoms in total. The lowest BCUT2D eigenvalue weighted by Crippen LogP contribution is -2.09. The molecule has 2 rings (SSSR count). The minimum Gasteiger partial charge on any atom is -0.383 e. The molecule has 0 aliphatic rings. The Hall–Kier alpha value is -1.85. The third kappa shape index (κ3) is 3.82. The number of hydrogen-bond donors (Lipinski definition) is 2. The summed E-state index contributed by atoms with van der Waals surface area (Å²) in [5.74, 6) is 1.46. The molecule has 0 saturated carbocycles. The molecule has 0 radical (unpaired) electrons. The van der Waals surface area contributed by atoms with E-state index in [4.69, 9.17) is 16.3 Å². The van der Waals surface area contributed by atoms with Crippen molar-refractivity contribution < 1.29 is 4.74 Å². The Morgan fingerprint density at radius 2 is 2.05 bits per heavy atom. The molecule has 106 valence electrons. The van der Waals surface area contributed by atoms with Crippen LogP contribution in [-0.4, -0.2) is 30.2 Å². The molecule has 0 spiro atoms. The Bertz CT molecular complexity index is 577. The molecule has 0 amide bonds. The van der Waals surface area contributed by atoms with Crippen LogP contribution in [0.1, 0.15) is 5.56 Å². The van der Waals surface area contributed by atoms with Crippen molar-refractivity contribution in [1.29, 1.82) is 0 Å². The number of nitrogens with one attached hydrogen (secondary N) is 2. The number of benzene rings is 1. The highest BCUT2D eigenvalue weighted by Crippen LogP contribution is 2.25. The molecule has 0 aliphatic carbocycles. The van der Waals surface area contributed by atoms with Gasteiger partial charge in [-0.25, -0.2) is 9.97 Å². The Morgan fingerprint density at radius 1 is 1.25 bits per heavy atom. The molecule has 2 aromatic rings. The lowest BCUT2D eigenvalue weighted by Gasteiger charge is -2.11. The molecular formula is C14H17ClN4O. The van der Waals surface area contributed by atoms with Gasteiger partial charge in [-0.3, -0.25) is 0 Å². The predicted molar refractivity (Wildman–Crippen MR) is 81.9 cm³/mol. The molecule has 1 heterocycles. The van der Waals surface area contributed by atoms with Crippen molar-refractivity contribution in [2.45, 2.75) is 6.92 Å². The zero-order valence-corrected chi connectivity index (χ0v) is 12.2. The van der Waals surface area contributed by atoms with E-state index < -0.39 is 0 Å². The van der Waals surface area contributed by atoms with Crippen molar-refractivity contribution in [2.75, 3.05) is 30.9 Å². The summed E-state index contributed by atoms with van der Waals surface area (Å²) in [7, 11) is 1.66. The fraction of sp³-hybridized carbons (Fsp3) is 0.286. The number of hydrogen-bond acceptors (Lipinski definition) is 5. The Balaban J connectivity index is 2.09. The molecule has 0 unspecified atom stereocenters. The molecule has 20 heavy (non-hydrogen) atoms. The van der Waals surface area contributed by atoms with Gasteiger partial charge in [0.1, 0.15) is 18.0 Å². The largest absolute Gasteiger partial charge is 0.383 e. The van der Waals surface area contributed by atoms with Crippen molar-refractivity contribution in [2.24, 2.45) is 0 Å². The summed E-state index contributed by atoms with van der Waals surface area (Å²) >= 11 is 6.10. The number of methoxy groups -OCH3 is 1. The predicted octanol–water partition coefficient (Wildman–Crippen LogP) is 3.24. The van der Waals surface area contributed by atoms with Crippen LogP contribution < -0.4 is 10.6 Å². The monoisotopic (exact) mass is 292 g/mol. The Kier molecular flexibility index (Phi) is 5.15. The maximum absolute atomic E-state index is 6.10. The van der Waals surface area contributed by atoms with Gasteiger partial charge < -0.3 is 15.4 Å². The molecule has 0 atom stereocenters. The third-order valence-electron chi connectivity index (χ3n) is 2.81. The summed E-state index contributed by atoms with van der Waals surface area (Å²) in [4.78, 5) is 8.35. The van der Waals surface area contributed by atoms with Gasteiger partial charge >= 0.3 is 0 Å². The van der Waals surface area contributed by atoms with Crippen LogP contribution in [0.5, 0.6) is 0 Å². The van der Waals surface area contributed by atoms with Crippen molar-refractivity contribution in [1.82, 2.24) is 9.97 Å². The number of rotatable bonds is 6. The van der Waals surface area contributed by atoms with Crippen molar-refractivity contribution in [3.05, 3.63) is 41.2 Å². The average molecular weight is 293 g/mol. The van der Waals surface area contributed by atoms with E-state index in [0.717, 1.165) is 22.1 Å². The van der Waals surface area contributed by atoms with Gasteiger partial charge in [-0.2, -0.15) is 0 Å². The van der Waals surface area contributed by atoms with Gasteiger partial charge in [0.15, 0.2) is 0 Å². The summed E-state index contributed by atoms with van der Waals surface area (Å²) in [6, 6.07) is 7.56. The van der Waals surface area contributed by atoms with Gasteiger partial charge in [0.2, 0.25) is 0 Å². The summed E-state index contributed by atoms with van der Waals surface area (Å²) in [6.45, 7) is 3.28. The maximum atomic E-state index is 6.10. The van der Waals surface area contributed by atoms with Gasteiger partial charge in [-0.1, -0.05) is 17.7 Å². The van der Waals surface area contributed by atoms with Crippen LogP contribution in [-0.2, 0) is 4.74 Å². The van der Waals surface area contributed by atoms with Gasteiger partial charge in [-0.15, -0.1) is 0 Å². The van der Waals surface area contributed by atoms with Crippen LogP contribution in [0, 0.1) is 6.92 Å². The van der Waals surface area contributed by atoms with Crippen LogP contribution in [0.4, 0.5) is 17.3 Å². The summed E-state index contributed by atoms with van der Waals surface area (Å²) in [6.07, 6.45) is 1.51. The number of nitrogens with zero attached hydrogens (tertiary/aromatic N) is 2. The topological polar surface area (TPSA) is 59.1 Å². The SMILES string of the molecule is COCCNc1cc(Nc2cccc(Cl)c2C)ncn1. The van der Waals surface area contributed by atoms with Crippen LogP contribution in [0.3, 0.4) is 0 Å². The van der Waals surface area contributed by atoms with E-state index in [2.05, 4.69) is 20.6 Å². The second kappa shape index (κ2) is 7.07. The molecule has 1 aromatic carbocycles. The fourth-order valence-corrected chi connectivity index (χ4v) is 1.86. The van der Waals surface area contributed by atoms with Crippen molar-refractivity contribution in [3.63, 3.8) is 0 Å². The summed E-state index contributed by atoms with van der Waals surface area (Å²) in [5, 5.41) is 7.12. The molecular weight excluding hydrogens is 276 g/mol. The maximum Gasteiger partial charge on any atom is 0.135 e. The van der Waals surface area contributed by atoms with Gasteiger partial charge in [0, 0.05) is 30.4 Å². The van der Waals surface area contributed by atoms with Gasteiger partial charge in [0.05, 0.1) is 6.61 Å². The van der Waals surface area contributed by atoms with Crippen LogP contribution in [0.15, 0.2) is 30.6 Å². The average Bonchev–Trinajstić information content (AvgIpc) is 2.45.